The van der Waals surface area contributed by atoms with Gasteiger partial charge in [-0.2, -0.15) is 0 Å². The molecule has 1 aliphatic rings. The summed E-state index contributed by atoms with van der Waals surface area (Å²) in [7, 11) is 2.12. The van der Waals surface area contributed by atoms with Crippen LogP contribution in [-0.4, -0.2) is 61.5 Å². The van der Waals surface area contributed by atoms with Crippen molar-refractivity contribution in [2.24, 2.45) is 0 Å². The first-order valence-corrected chi connectivity index (χ1v) is 7.30. The van der Waals surface area contributed by atoms with Gasteiger partial charge in [-0.1, -0.05) is 12.8 Å². The molecule has 0 bridgehead atoms. The third-order valence-electron chi connectivity index (χ3n) is 3.73. The molecule has 1 unspecified atom stereocenters. The molecule has 1 saturated carbocycles. The predicted molar refractivity (Wildman–Crippen MR) is 74.9 cm³/mol. The van der Waals surface area contributed by atoms with Crippen molar-refractivity contribution in [2.45, 2.75) is 57.8 Å². The number of aliphatic hydroxyl groups excluding tert-OH is 1. The highest BCUT2D eigenvalue weighted by molar-refractivity contribution is 4.68. The summed E-state index contributed by atoms with van der Waals surface area (Å²) in [5, 5.41) is 13.1. The highest BCUT2D eigenvalue weighted by Crippen LogP contribution is 2.20. The summed E-state index contributed by atoms with van der Waals surface area (Å²) in [4.78, 5) is 2.29. The van der Waals surface area contributed by atoms with Gasteiger partial charge in [0.1, 0.15) is 0 Å². The molecule has 1 fully saturated rings. The lowest BCUT2D eigenvalue weighted by atomic mass is 10.3. The SMILES string of the molecule is CC(C)N(C)CCNCC(O)COC1CCCC1. The minimum absolute atomic E-state index is 0.380. The second-order valence-corrected chi connectivity index (χ2v) is 5.67. The van der Waals surface area contributed by atoms with Gasteiger partial charge < -0.3 is 20.1 Å². The van der Waals surface area contributed by atoms with Crippen LogP contribution in [0.25, 0.3) is 0 Å². The van der Waals surface area contributed by atoms with E-state index in [9.17, 15) is 5.11 Å². The minimum atomic E-state index is -0.380. The molecule has 0 amide bonds. The fourth-order valence-electron chi connectivity index (χ4n) is 2.14. The van der Waals surface area contributed by atoms with E-state index in [0.29, 0.717) is 25.3 Å². The Hall–Kier alpha value is -0.160. The molecule has 0 saturated heterocycles. The second-order valence-electron chi connectivity index (χ2n) is 5.67. The zero-order valence-electron chi connectivity index (χ0n) is 12.2. The summed E-state index contributed by atoms with van der Waals surface area (Å²) >= 11 is 0. The van der Waals surface area contributed by atoms with Crippen molar-refractivity contribution in [3.05, 3.63) is 0 Å². The van der Waals surface area contributed by atoms with Gasteiger partial charge in [0.05, 0.1) is 18.8 Å². The molecule has 1 rings (SSSR count). The Bertz CT molecular complexity index is 206. The van der Waals surface area contributed by atoms with Gasteiger partial charge in [-0.05, 0) is 33.7 Å². The fraction of sp³-hybridized carbons (Fsp3) is 1.00. The Kier molecular flexibility index (Phi) is 7.82. The monoisotopic (exact) mass is 258 g/mol. The summed E-state index contributed by atoms with van der Waals surface area (Å²) in [5.74, 6) is 0. The lowest BCUT2D eigenvalue weighted by Gasteiger charge is -2.21. The van der Waals surface area contributed by atoms with Crippen LogP contribution in [0, 0.1) is 0 Å². The lowest BCUT2D eigenvalue weighted by molar-refractivity contribution is -0.00548. The van der Waals surface area contributed by atoms with E-state index in [4.69, 9.17) is 4.74 Å². The van der Waals surface area contributed by atoms with Crippen LogP contribution in [0.15, 0.2) is 0 Å². The smallest absolute Gasteiger partial charge is 0.0897 e. The van der Waals surface area contributed by atoms with E-state index in [1.54, 1.807) is 0 Å². The van der Waals surface area contributed by atoms with Gasteiger partial charge in [-0.15, -0.1) is 0 Å². The predicted octanol–water partition coefficient (Wildman–Crippen LogP) is 1.24. The summed E-state index contributed by atoms with van der Waals surface area (Å²) < 4.78 is 5.68. The van der Waals surface area contributed by atoms with Crippen molar-refractivity contribution in [2.75, 3.05) is 33.3 Å². The molecule has 18 heavy (non-hydrogen) atoms. The molecule has 108 valence electrons. The molecule has 0 heterocycles. The Morgan fingerprint density at radius 1 is 1.33 bits per heavy atom. The van der Waals surface area contributed by atoms with Crippen molar-refractivity contribution in [1.82, 2.24) is 10.2 Å². The maximum Gasteiger partial charge on any atom is 0.0897 e. The molecular formula is C14H30N2O2. The molecule has 0 spiro atoms. The summed E-state index contributed by atoms with van der Waals surface area (Å²) in [6, 6.07) is 0.572. The molecule has 2 N–H and O–H groups in total. The van der Waals surface area contributed by atoms with E-state index >= 15 is 0 Å². The normalized spacial score (nSPS) is 19.0. The van der Waals surface area contributed by atoms with Crippen molar-refractivity contribution in [3.63, 3.8) is 0 Å². The maximum atomic E-state index is 9.78. The molecule has 0 aromatic carbocycles. The molecule has 0 radical (unpaired) electrons. The number of likely N-dealkylation sites (N-methyl/N-ethyl adjacent to an activating group) is 1. The highest BCUT2D eigenvalue weighted by atomic mass is 16.5. The summed E-state index contributed by atoms with van der Waals surface area (Å²) in [5.41, 5.74) is 0. The van der Waals surface area contributed by atoms with Gasteiger partial charge in [-0.25, -0.2) is 0 Å². The van der Waals surface area contributed by atoms with Crippen LogP contribution in [0.1, 0.15) is 39.5 Å². The molecule has 0 aromatic heterocycles. The number of aliphatic hydroxyl groups is 1. The Morgan fingerprint density at radius 3 is 2.61 bits per heavy atom. The average Bonchev–Trinajstić information content (AvgIpc) is 2.84. The molecular weight excluding hydrogens is 228 g/mol. The first kappa shape index (κ1) is 15.9. The van der Waals surface area contributed by atoms with Crippen LogP contribution >= 0.6 is 0 Å². The van der Waals surface area contributed by atoms with E-state index in [-0.39, 0.29) is 6.10 Å². The summed E-state index contributed by atoms with van der Waals surface area (Å²) in [6.45, 7) is 7.38. The first-order valence-electron chi connectivity index (χ1n) is 7.30. The Morgan fingerprint density at radius 2 is 2.00 bits per heavy atom. The number of nitrogens with one attached hydrogen (secondary N) is 1. The van der Waals surface area contributed by atoms with E-state index in [0.717, 1.165) is 13.1 Å². The van der Waals surface area contributed by atoms with E-state index in [2.05, 4.69) is 31.1 Å². The van der Waals surface area contributed by atoms with Crippen LogP contribution in [0.3, 0.4) is 0 Å². The van der Waals surface area contributed by atoms with Crippen LogP contribution < -0.4 is 5.32 Å². The quantitative estimate of drug-likeness (QED) is 0.611. The number of hydrogen-bond acceptors (Lipinski definition) is 4. The van der Waals surface area contributed by atoms with E-state index in [1.807, 2.05) is 0 Å². The lowest BCUT2D eigenvalue weighted by Crippen LogP contribution is -2.37. The van der Waals surface area contributed by atoms with Gasteiger partial charge in [-0.3, -0.25) is 0 Å². The Labute approximate surface area is 112 Å². The van der Waals surface area contributed by atoms with Gasteiger partial charge in [0.2, 0.25) is 0 Å². The molecule has 4 nitrogen and oxygen atoms in total. The largest absolute Gasteiger partial charge is 0.389 e. The number of nitrogens with zero attached hydrogens (tertiary/aromatic N) is 1. The fourth-order valence-corrected chi connectivity index (χ4v) is 2.14. The molecule has 4 heteroatoms. The van der Waals surface area contributed by atoms with Gasteiger partial charge >= 0.3 is 0 Å². The molecule has 0 aliphatic heterocycles. The minimum Gasteiger partial charge on any atom is -0.389 e. The first-order chi connectivity index (χ1) is 8.59. The van der Waals surface area contributed by atoms with Crippen molar-refractivity contribution in [1.29, 1.82) is 0 Å². The average molecular weight is 258 g/mol. The van der Waals surface area contributed by atoms with Crippen LogP contribution in [-0.2, 0) is 4.74 Å². The maximum absolute atomic E-state index is 9.78. The van der Waals surface area contributed by atoms with E-state index in [1.165, 1.54) is 25.7 Å². The van der Waals surface area contributed by atoms with Crippen LogP contribution in [0.2, 0.25) is 0 Å². The molecule has 1 aliphatic carbocycles. The van der Waals surface area contributed by atoms with Crippen molar-refractivity contribution in [3.8, 4) is 0 Å². The Balaban J connectivity index is 1.94. The van der Waals surface area contributed by atoms with Gasteiger partial charge in [0.25, 0.3) is 0 Å². The van der Waals surface area contributed by atoms with Crippen LogP contribution in [0.4, 0.5) is 0 Å². The molecule has 0 aromatic rings. The number of rotatable bonds is 9. The highest BCUT2D eigenvalue weighted by Gasteiger charge is 2.16. The number of hydrogen-bond donors (Lipinski definition) is 2. The van der Waals surface area contributed by atoms with Crippen molar-refractivity contribution < 1.29 is 9.84 Å². The van der Waals surface area contributed by atoms with Crippen molar-refractivity contribution >= 4 is 0 Å². The van der Waals surface area contributed by atoms with Gasteiger partial charge in [0.15, 0.2) is 0 Å². The topological polar surface area (TPSA) is 44.7 Å². The van der Waals surface area contributed by atoms with Gasteiger partial charge in [0, 0.05) is 25.7 Å². The molecule has 1 atom stereocenters. The standard InChI is InChI=1S/C14H30N2O2/c1-12(2)16(3)9-8-15-10-13(17)11-18-14-6-4-5-7-14/h12-15,17H,4-11H2,1-3H3. The second kappa shape index (κ2) is 8.86. The van der Waals surface area contributed by atoms with Crippen LogP contribution in [0.5, 0.6) is 0 Å². The summed E-state index contributed by atoms with van der Waals surface area (Å²) in [6.07, 6.45) is 4.90. The zero-order chi connectivity index (χ0) is 13.4. The number of ether oxygens (including phenoxy) is 1. The third-order valence-corrected chi connectivity index (χ3v) is 3.73. The zero-order valence-corrected chi connectivity index (χ0v) is 12.2. The van der Waals surface area contributed by atoms with E-state index < -0.39 is 0 Å². The third kappa shape index (κ3) is 6.69.